The summed E-state index contributed by atoms with van der Waals surface area (Å²) in [4.78, 5) is 7.35. The second kappa shape index (κ2) is 11.9. The van der Waals surface area contributed by atoms with Gasteiger partial charge in [-0.25, -0.2) is 17.7 Å². The number of aliphatic imine (C=N–C) groups is 1. The van der Waals surface area contributed by atoms with E-state index in [9.17, 15) is 8.42 Å². The zero-order valence-electron chi connectivity index (χ0n) is 19.2. The van der Waals surface area contributed by atoms with E-state index >= 15 is 0 Å². The molecule has 9 heteroatoms. The van der Waals surface area contributed by atoms with Gasteiger partial charge in [0.2, 0.25) is 10.0 Å². The molecule has 2 N–H and O–H groups in total. The molecule has 1 atom stereocenters. The first kappa shape index (κ1) is 26.4. The zero-order chi connectivity index (χ0) is 22.4. The summed E-state index contributed by atoms with van der Waals surface area (Å²) in [6.07, 6.45) is 1.02. The van der Waals surface area contributed by atoms with E-state index in [4.69, 9.17) is 0 Å². The molecule has 1 unspecified atom stereocenters. The summed E-state index contributed by atoms with van der Waals surface area (Å²) in [6.45, 7) is 7.03. The van der Waals surface area contributed by atoms with Gasteiger partial charge in [-0.05, 0) is 44.0 Å². The lowest BCUT2D eigenvalue weighted by molar-refractivity contribution is 0.519. The molecule has 0 spiro atoms. The van der Waals surface area contributed by atoms with Crippen LogP contribution in [0.1, 0.15) is 24.5 Å². The molecular formula is C23H34IN5O2S. The van der Waals surface area contributed by atoms with Crippen LogP contribution in [0.15, 0.2) is 58.4 Å². The van der Waals surface area contributed by atoms with Crippen molar-refractivity contribution in [2.45, 2.75) is 37.8 Å². The first-order valence-corrected chi connectivity index (χ1v) is 12.1. The van der Waals surface area contributed by atoms with Crippen molar-refractivity contribution in [3.8, 4) is 0 Å². The number of anilines is 1. The van der Waals surface area contributed by atoms with Gasteiger partial charge in [-0.15, -0.1) is 24.0 Å². The number of halogens is 1. The monoisotopic (exact) mass is 571 g/mol. The lowest BCUT2D eigenvalue weighted by atomic mass is 10.2. The van der Waals surface area contributed by atoms with Crippen molar-refractivity contribution >= 4 is 45.6 Å². The van der Waals surface area contributed by atoms with Gasteiger partial charge < -0.3 is 15.5 Å². The Hall–Kier alpha value is -1.85. The molecule has 0 bridgehead atoms. The molecule has 0 amide bonds. The van der Waals surface area contributed by atoms with Gasteiger partial charge in [0.15, 0.2) is 5.96 Å². The summed E-state index contributed by atoms with van der Waals surface area (Å²) < 4.78 is 26.5. The quantitative estimate of drug-likeness (QED) is 0.304. The average molecular weight is 572 g/mol. The van der Waals surface area contributed by atoms with Crippen LogP contribution in [-0.2, 0) is 16.6 Å². The van der Waals surface area contributed by atoms with Gasteiger partial charge in [0.05, 0.1) is 11.4 Å². The fraction of sp³-hybridized carbons (Fsp3) is 0.435. The van der Waals surface area contributed by atoms with Crippen molar-refractivity contribution in [3.05, 3.63) is 59.7 Å². The minimum absolute atomic E-state index is 0. The van der Waals surface area contributed by atoms with E-state index in [2.05, 4.69) is 51.7 Å². The molecule has 7 nitrogen and oxygen atoms in total. The molecule has 1 fully saturated rings. The highest BCUT2D eigenvalue weighted by Crippen LogP contribution is 2.21. The maximum atomic E-state index is 12.6. The third-order valence-corrected chi connectivity index (χ3v) is 7.33. The summed E-state index contributed by atoms with van der Waals surface area (Å²) in [7, 11) is -0.429. The number of nitrogens with one attached hydrogen (secondary N) is 2. The van der Waals surface area contributed by atoms with Gasteiger partial charge in [0.25, 0.3) is 0 Å². The molecule has 1 saturated heterocycles. The number of rotatable bonds is 7. The molecule has 0 radical (unpaired) electrons. The highest BCUT2D eigenvalue weighted by Gasteiger charge is 2.24. The SMILES string of the molecule is CCNC(=NCc1ccccc1S(=O)(=O)N(C)C)NC1CCN(c2ccc(C)cc2)C1.I. The number of sulfonamides is 1. The first-order valence-electron chi connectivity index (χ1n) is 10.7. The minimum atomic E-state index is -3.51. The molecule has 1 heterocycles. The molecule has 0 aliphatic carbocycles. The number of guanidine groups is 1. The Morgan fingerprint density at radius 1 is 1.16 bits per heavy atom. The molecule has 0 saturated carbocycles. The van der Waals surface area contributed by atoms with Gasteiger partial charge in [-0.1, -0.05) is 35.9 Å². The Morgan fingerprint density at radius 2 is 1.84 bits per heavy atom. The summed E-state index contributed by atoms with van der Waals surface area (Å²) in [5.41, 5.74) is 3.18. The molecule has 176 valence electrons. The molecule has 2 aromatic rings. The van der Waals surface area contributed by atoms with Crippen LogP contribution >= 0.6 is 24.0 Å². The Bertz CT molecular complexity index is 1010. The van der Waals surface area contributed by atoms with Crippen molar-refractivity contribution in [2.24, 2.45) is 4.99 Å². The summed E-state index contributed by atoms with van der Waals surface area (Å²) in [6, 6.07) is 15.9. The fourth-order valence-corrected chi connectivity index (χ4v) is 4.74. The minimum Gasteiger partial charge on any atom is -0.369 e. The van der Waals surface area contributed by atoms with E-state index in [1.807, 2.05) is 19.1 Å². The molecular weight excluding hydrogens is 537 g/mol. The maximum absolute atomic E-state index is 12.6. The van der Waals surface area contributed by atoms with E-state index in [0.717, 1.165) is 26.1 Å². The number of hydrogen-bond acceptors (Lipinski definition) is 4. The van der Waals surface area contributed by atoms with Crippen LogP contribution in [0, 0.1) is 6.92 Å². The highest BCUT2D eigenvalue weighted by atomic mass is 127. The van der Waals surface area contributed by atoms with Crippen LogP contribution < -0.4 is 15.5 Å². The highest BCUT2D eigenvalue weighted by molar-refractivity contribution is 14.0. The molecule has 2 aromatic carbocycles. The van der Waals surface area contributed by atoms with Gasteiger partial charge in [-0.2, -0.15) is 0 Å². The summed E-state index contributed by atoms with van der Waals surface area (Å²) >= 11 is 0. The fourth-order valence-electron chi connectivity index (χ4n) is 3.63. The third kappa shape index (κ3) is 6.58. The second-order valence-electron chi connectivity index (χ2n) is 8.00. The van der Waals surface area contributed by atoms with Crippen molar-refractivity contribution < 1.29 is 8.42 Å². The Balaban J connectivity index is 0.00000363. The van der Waals surface area contributed by atoms with Crippen LogP contribution in [0.25, 0.3) is 0 Å². The summed E-state index contributed by atoms with van der Waals surface area (Å²) in [5.74, 6) is 0.704. The zero-order valence-corrected chi connectivity index (χ0v) is 22.4. The largest absolute Gasteiger partial charge is 0.369 e. The third-order valence-electron chi connectivity index (χ3n) is 5.41. The smallest absolute Gasteiger partial charge is 0.242 e. The Morgan fingerprint density at radius 3 is 2.50 bits per heavy atom. The van der Waals surface area contributed by atoms with Crippen molar-refractivity contribution in [3.63, 3.8) is 0 Å². The summed E-state index contributed by atoms with van der Waals surface area (Å²) in [5, 5.41) is 6.80. The van der Waals surface area contributed by atoms with Gasteiger partial charge >= 0.3 is 0 Å². The van der Waals surface area contributed by atoms with E-state index in [1.54, 1.807) is 26.2 Å². The standard InChI is InChI=1S/C23H33N5O2S.HI/c1-5-24-23(25-16-19-8-6-7-9-22(19)31(29,30)27(3)4)26-20-14-15-28(17-20)21-12-10-18(2)11-13-21;/h6-13,20H,5,14-17H2,1-4H3,(H2,24,25,26);1H. The van der Waals surface area contributed by atoms with Gasteiger partial charge in [0, 0.05) is 45.5 Å². The Kier molecular flexibility index (Phi) is 9.78. The van der Waals surface area contributed by atoms with Gasteiger partial charge in [0.1, 0.15) is 0 Å². The van der Waals surface area contributed by atoms with Crippen LogP contribution in [-0.4, -0.2) is 58.5 Å². The number of hydrogen-bond donors (Lipinski definition) is 2. The van der Waals surface area contributed by atoms with Crippen molar-refractivity contribution in [2.75, 3.05) is 38.6 Å². The first-order chi connectivity index (χ1) is 14.8. The average Bonchev–Trinajstić information content (AvgIpc) is 3.21. The predicted molar refractivity (Wildman–Crippen MR) is 142 cm³/mol. The van der Waals surface area contributed by atoms with Crippen LogP contribution in [0.4, 0.5) is 5.69 Å². The van der Waals surface area contributed by atoms with Crippen LogP contribution in [0.3, 0.4) is 0 Å². The molecule has 1 aliphatic rings. The molecule has 32 heavy (non-hydrogen) atoms. The van der Waals surface area contributed by atoms with Crippen molar-refractivity contribution in [1.29, 1.82) is 0 Å². The second-order valence-corrected chi connectivity index (χ2v) is 10.1. The lowest BCUT2D eigenvalue weighted by Gasteiger charge is -2.21. The van der Waals surface area contributed by atoms with E-state index in [-0.39, 0.29) is 36.6 Å². The number of nitrogens with zero attached hydrogens (tertiary/aromatic N) is 3. The van der Waals surface area contributed by atoms with Crippen LogP contribution in [0.2, 0.25) is 0 Å². The van der Waals surface area contributed by atoms with E-state index in [0.29, 0.717) is 16.4 Å². The number of aryl methyl sites for hydroxylation is 1. The molecule has 0 aromatic heterocycles. The molecule has 1 aliphatic heterocycles. The maximum Gasteiger partial charge on any atom is 0.242 e. The number of benzene rings is 2. The topological polar surface area (TPSA) is 77.0 Å². The molecule has 3 rings (SSSR count). The van der Waals surface area contributed by atoms with Crippen LogP contribution in [0.5, 0.6) is 0 Å². The Labute approximate surface area is 209 Å². The van der Waals surface area contributed by atoms with E-state index in [1.165, 1.54) is 15.6 Å². The lowest BCUT2D eigenvalue weighted by Crippen LogP contribution is -2.44. The van der Waals surface area contributed by atoms with Gasteiger partial charge in [-0.3, -0.25) is 0 Å². The van der Waals surface area contributed by atoms with E-state index < -0.39 is 10.0 Å². The van der Waals surface area contributed by atoms with Crippen molar-refractivity contribution in [1.82, 2.24) is 14.9 Å². The normalized spacial score (nSPS) is 16.7. The predicted octanol–water partition coefficient (Wildman–Crippen LogP) is 3.20.